The summed E-state index contributed by atoms with van der Waals surface area (Å²) in [6.07, 6.45) is 1.33. The zero-order chi connectivity index (χ0) is 13.4. The largest absolute Gasteiger partial charge is 0.351 e. The summed E-state index contributed by atoms with van der Waals surface area (Å²) in [6, 6.07) is 0. The number of rotatable bonds is 1. The molecule has 5 nitrogen and oxygen atoms in total. The summed E-state index contributed by atoms with van der Waals surface area (Å²) in [5, 5.41) is 2.30. The average Bonchev–Trinajstić information content (AvgIpc) is 2.39. The van der Waals surface area contributed by atoms with Crippen molar-refractivity contribution in [1.82, 2.24) is 10.2 Å². The maximum atomic E-state index is 11.4. The van der Waals surface area contributed by atoms with Gasteiger partial charge in [-0.25, -0.2) is 0 Å². The van der Waals surface area contributed by atoms with Crippen LogP contribution in [0.15, 0.2) is 0 Å². The summed E-state index contributed by atoms with van der Waals surface area (Å²) in [4.78, 5) is 35.1. The Hall–Kier alpha value is -1.39. The van der Waals surface area contributed by atoms with Crippen molar-refractivity contribution in [3.05, 3.63) is 0 Å². The molecule has 0 spiro atoms. The molecule has 1 N–H and O–H groups in total. The van der Waals surface area contributed by atoms with Gasteiger partial charge in [0, 0.05) is 26.1 Å². The third-order valence-electron chi connectivity index (χ3n) is 2.78. The number of Topliss-reactive ketones (excluding diaryl/α,β-unsaturated/α-hetero) is 1. The standard InChI is InChI=1S/C10H16N2O3.C2H6/c1-7(13)8-3-5-12(6-4-8)10(15)9(14)11-2;1-2/h8H,3-6H2,1-2H3,(H,11,14);1-2H3. The summed E-state index contributed by atoms with van der Waals surface area (Å²) >= 11 is 0. The van der Waals surface area contributed by atoms with E-state index in [1.54, 1.807) is 6.92 Å². The lowest BCUT2D eigenvalue weighted by Crippen LogP contribution is -2.46. The first-order valence-electron chi connectivity index (χ1n) is 6.07. The monoisotopic (exact) mass is 242 g/mol. The molecule has 2 amide bonds. The SMILES string of the molecule is CC.CNC(=O)C(=O)N1CCC(C(C)=O)CC1. The Labute approximate surface area is 103 Å². The van der Waals surface area contributed by atoms with Gasteiger partial charge in [-0.3, -0.25) is 14.4 Å². The van der Waals surface area contributed by atoms with Gasteiger partial charge in [0.25, 0.3) is 0 Å². The van der Waals surface area contributed by atoms with Crippen molar-refractivity contribution in [2.75, 3.05) is 20.1 Å². The Balaban J connectivity index is 0.00000121. The smallest absolute Gasteiger partial charge is 0.311 e. The number of nitrogens with one attached hydrogen (secondary N) is 1. The Morgan fingerprint density at radius 3 is 1.94 bits per heavy atom. The van der Waals surface area contributed by atoms with E-state index in [1.165, 1.54) is 11.9 Å². The molecule has 1 heterocycles. The second-order valence-corrected chi connectivity index (χ2v) is 3.76. The first-order chi connectivity index (χ1) is 8.06. The van der Waals surface area contributed by atoms with Gasteiger partial charge in [0.2, 0.25) is 0 Å². The van der Waals surface area contributed by atoms with Crippen LogP contribution in [-0.2, 0) is 14.4 Å². The van der Waals surface area contributed by atoms with E-state index in [1.807, 2.05) is 13.8 Å². The summed E-state index contributed by atoms with van der Waals surface area (Å²) in [6.45, 7) is 6.56. The summed E-state index contributed by atoms with van der Waals surface area (Å²) in [5.74, 6) is -0.864. The number of carbonyl (C=O) groups is 3. The summed E-state index contributed by atoms with van der Waals surface area (Å²) in [5.41, 5.74) is 0. The molecule has 0 aromatic heterocycles. The first-order valence-corrected chi connectivity index (χ1v) is 6.07. The molecule has 5 heteroatoms. The zero-order valence-corrected chi connectivity index (χ0v) is 11.1. The average molecular weight is 242 g/mol. The topological polar surface area (TPSA) is 66.5 Å². The highest BCUT2D eigenvalue weighted by Crippen LogP contribution is 2.17. The van der Waals surface area contributed by atoms with Crippen LogP contribution in [0.25, 0.3) is 0 Å². The molecule has 0 aromatic rings. The maximum absolute atomic E-state index is 11.4. The fraction of sp³-hybridized carbons (Fsp3) is 0.750. The molecular weight excluding hydrogens is 220 g/mol. The third kappa shape index (κ3) is 4.54. The van der Waals surface area contributed by atoms with Crippen molar-refractivity contribution in [3.63, 3.8) is 0 Å². The van der Waals surface area contributed by atoms with Crippen LogP contribution in [0.4, 0.5) is 0 Å². The van der Waals surface area contributed by atoms with E-state index in [-0.39, 0.29) is 11.7 Å². The molecule has 1 saturated heterocycles. The van der Waals surface area contributed by atoms with Gasteiger partial charge in [0.1, 0.15) is 5.78 Å². The molecule has 0 aliphatic carbocycles. The Morgan fingerprint density at radius 2 is 1.59 bits per heavy atom. The van der Waals surface area contributed by atoms with E-state index < -0.39 is 11.8 Å². The molecule has 0 aromatic carbocycles. The van der Waals surface area contributed by atoms with Gasteiger partial charge >= 0.3 is 11.8 Å². The van der Waals surface area contributed by atoms with Crippen molar-refractivity contribution < 1.29 is 14.4 Å². The lowest BCUT2D eigenvalue weighted by molar-refractivity contribution is -0.146. The normalized spacial score (nSPS) is 15.6. The van der Waals surface area contributed by atoms with E-state index in [4.69, 9.17) is 0 Å². The van der Waals surface area contributed by atoms with Crippen LogP contribution in [0, 0.1) is 5.92 Å². The highest BCUT2D eigenvalue weighted by molar-refractivity contribution is 6.34. The highest BCUT2D eigenvalue weighted by atomic mass is 16.2. The number of ketones is 1. The van der Waals surface area contributed by atoms with Crippen molar-refractivity contribution in [3.8, 4) is 0 Å². The fourth-order valence-electron chi connectivity index (χ4n) is 1.74. The maximum Gasteiger partial charge on any atom is 0.311 e. The molecule has 1 rings (SSSR count). The van der Waals surface area contributed by atoms with Gasteiger partial charge in [-0.15, -0.1) is 0 Å². The molecule has 98 valence electrons. The zero-order valence-electron chi connectivity index (χ0n) is 11.1. The lowest BCUT2D eigenvalue weighted by atomic mass is 9.93. The number of hydrogen-bond acceptors (Lipinski definition) is 3. The molecular formula is C12H22N2O3. The van der Waals surface area contributed by atoms with Crippen LogP contribution in [-0.4, -0.2) is 42.6 Å². The summed E-state index contributed by atoms with van der Waals surface area (Å²) < 4.78 is 0. The number of piperidine rings is 1. The lowest BCUT2D eigenvalue weighted by Gasteiger charge is -2.30. The van der Waals surface area contributed by atoms with E-state index in [0.29, 0.717) is 25.9 Å². The van der Waals surface area contributed by atoms with Crippen molar-refractivity contribution >= 4 is 17.6 Å². The van der Waals surface area contributed by atoms with Crippen molar-refractivity contribution in [1.29, 1.82) is 0 Å². The van der Waals surface area contributed by atoms with Gasteiger partial charge in [0.05, 0.1) is 0 Å². The molecule has 1 fully saturated rings. The van der Waals surface area contributed by atoms with Gasteiger partial charge < -0.3 is 10.2 Å². The van der Waals surface area contributed by atoms with Crippen LogP contribution in [0.2, 0.25) is 0 Å². The highest BCUT2D eigenvalue weighted by Gasteiger charge is 2.27. The minimum absolute atomic E-state index is 0.0544. The molecule has 0 atom stereocenters. The summed E-state index contributed by atoms with van der Waals surface area (Å²) in [7, 11) is 1.43. The Kier molecular flexibility index (Phi) is 7.18. The number of hydrogen-bond donors (Lipinski definition) is 1. The Morgan fingerprint density at radius 1 is 1.12 bits per heavy atom. The van der Waals surface area contributed by atoms with Gasteiger partial charge in [-0.1, -0.05) is 13.8 Å². The van der Waals surface area contributed by atoms with Crippen LogP contribution in [0.1, 0.15) is 33.6 Å². The van der Waals surface area contributed by atoms with Crippen LogP contribution >= 0.6 is 0 Å². The van der Waals surface area contributed by atoms with Gasteiger partial charge in [-0.05, 0) is 19.8 Å². The molecule has 0 radical (unpaired) electrons. The quantitative estimate of drug-likeness (QED) is 0.684. The molecule has 17 heavy (non-hydrogen) atoms. The second-order valence-electron chi connectivity index (χ2n) is 3.76. The number of amides is 2. The van der Waals surface area contributed by atoms with E-state index in [0.717, 1.165) is 0 Å². The second kappa shape index (κ2) is 7.81. The van der Waals surface area contributed by atoms with Gasteiger partial charge in [-0.2, -0.15) is 0 Å². The van der Waals surface area contributed by atoms with Crippen LogP contribution in [0.5, 0.6) is 0 Å². The molecule has 0 bridgehead atoms. The predicted octanol–water partition coefficient (Wildman–Crippen LogP) is 0.586. The minimum atomic E-state index is -0.587. The third-order valence-corrected chi connectivity index (χ3v) is 2.78. The number of likely N-dealkylation sites (N-methyl/N-ethyl adjacent to an activating group) is 1. The Bertz CT molecular complexity index is 281. The van der Waals surface area contributed by atoms with Crippen molar-refractivity contribution in [2.24, 2.45) is 5.92 Å². The van der Waals surface area contributed by atoms with E-state index in [9.17, 15) is 14.4 Å². The first kappa shape index (κ1) is 15.6. The van der Waals surface area contributed by atoms with Gasteiger partial charge in [0.15, 0.2) is 0 Å². The van der Waals surface area contributed by atoms with Crippen LogP contribution in [0.3, 0.4) is 0 Å². The molecule has 0 saturated carbocycles. The van der Waals surface area contributed by atoms with E-state index in [2.05, 4.69) is 5.32 Å². The number of carbonyl (C=O) groups excluding carboxylic acids is 3. The predicted molar refractivity (Wildman–Crippen MR) is 65.4 cm³/mol. The molecule has 1 aliphatic heterocycles. The fourth-order valence-corrected chi connectivity index (χ4v) is 1.74. The van der Waals surface area contributed by atoms with Crippen LogP contribution < -0.4 is 5.32 Å². The molecule has 1 aliphatic rings. The van der Waals surface area contributed by atoms with Crippen molar-refractivity contribution in [2.45, 2.75) is 33.6 Å². The number of likely N-dealkylation sites (tertiary alicyclic amines) is 1. The number of nitrogens with zero attached hydrogens (tertiary/aromatic N) is 1. The molecule has 0 unspecified atom stereocenters. The minimum Gasteiger partial charge on any atom is -0.351 e. The van der Waals surface area contributed by atoms with E-state index >= 15 is 0 Å².